The minimum absolute atomic E-state index is 0.554. The van der Waals surface area contributed by atoms with Crippen LogP contribution in [0.25, 0.3) is 0 Å². The minimum Gasteiger partial charge on any atom is -0.492 e. The highest BCUT2D eigenvalue weighted by molar-refractivity contribution is 5.33. The van der Waals surface area contributed by atoms with E-state index in [1.807, 2.05) is 30.3 Å². The normalized spacial score (nSPS) is 22.9. The van der Waals surface area contributed by atoms with Crippen molar-refractivity contribution in [1.29, 1.82) is 0 Å². The number of piperidine rings is 1. The van der Waals surface area contributed by atoms with Crippen LogP contribution in [0.15, 0.2) is 42.6 Å². The van der Waals surface area contributed by atoms with Crippen LogP contribution < -0.4 is 14.4 Å². The molecule has 0 bridgehead atoms. The van der Waals surface area contributed by atoms with Crippen molar-refractivity contribution in [3.05, 3.63) is 42.6 Å². The fourth-order valence-electron chi connectivity index (χ4n) is 4.08. The molecule has 0 spiro atoms. The van der Waals surface area contributed by atoms with Crippen LogP contribution in [0.5, 0.6) is 11.6 Å². The van der Waals surface area contributed by atoms with Gasteiger partial charge in [0.1, 0.15) is 12.4 Å². The van der Waals surface area contributed by atoms with Gasteiger partial charge in [-0.3, -0.25) is 4.90 Å². The average Bonchev–Trinajstić information content (AvgIpc) is 3.11. The van der Waals surface area contributed by atoms with Crippen LogP contribution in [0.1, 0.15) is 12.8 Å². The summed E-state index contributed by atoms with van der Waals surface area (Å²) in [5.74, 6) is 3.11. The summed E-state index contributed by atoms with van der Waals surface area (Å²) in [4.78, 5) is 13.8. The molecule has 0 amide bonds. The Bertz CT molecular complexity index is 712. The van der Waals surface area contributed by atoms with Gasteiger partial charge in [-0.1, -0.05) is 18.2 Å². The molecule has 0 aliphatic carbocycles. The molecule has 2 atom stereocenters. The number of fused-ring (bicyclic) bond motifs is 1. The Hall–Kier alpha value is -2.34. The van der Waals surface area contributed by atoms with E-state index in [1.165, 1.54) is 12.8 Å². The summed E-state index contributed by atoms with van der Waals surface area (Å²) in [5, 5.41) is 0. The van der Waals surface area contributed by atoms with Gasteiger partial charge < -0.3 is 14.4 Å². The third kappa shape index (κ3) is 3.75. The van der Waals surface area contributed by atoms with Crippen molar-refractivity contribution in [3.8, 4) is 11.6 Å². The van der Waals surface area contributed by atoms with Gasteiger partial charge in [0.05, 0.1) is 7.11 Å². The first-order valence-electron chi connectivity index (χ1n) is 9.37. The van der Waals surface area contributed by atoms with Gasteiger partial charge in [-0.25, -0.2) is 4.98 Å². The van der Waals surface area contributed by atoms with Gasteiger partial charge in [-0.15, -0.1) is 0 Å². The Morgan fingerprint density at radius 2 is 1.96 bits per heavy atom. The fourth-order valence-corrected chi connectivity index (χ4v) is 4.08. The molecule has 2 aliphatic rings. The summed E-state index contributed by atoms with van der Waals surface area (Å²) in [6.07, 6.45) is 4.25. The highest BCUT2D eigenvalue weighted by Gasteiger charge is 2.38. The third-order valence-corrected chi connectivity index (χ3v) is 5.48. The molecule has 26 heavy (non-hydrogen) atoms. The van der Waals surface area contributed by atoms with Gasteiger partial charge in [0.15, 0.2) is 0 Å². The molecule has 3 heterocycles. The van der Waals surface area contributed by atoms with Gasteiger partial charge in [-0.2, -0.15) is 4.98 Å². The zero-order valence-electron chi connectivity index (χ0n) is 15.3. The van der Waals surface area contributed by atoms with Crippen LogP contribution in [0, 0.1) is 5.92 Å². The van der Waals surface area contributed by atoms with E-state index in [0.717, 1.165) is 50.4 Å². The van der Waals surface area contributed by atoms with Crippen molar-refractivity contribution in [2.24, 2.45) is 5.92 Å². The van der Waals surface area contributed by atoms with Crippen LogP contribution in [0.4, 0.5) is 5.95 Å². The molecular formula is C20H26N4O2. The second-order valence-electron chi connectivity index (χ2n) is 6.95. The summed E-state index contributed by atoms with van der Waals surface area (Å²) in [7, 11) is 1.64. The van der Waals surface area contributed by atoms with Gasteiger partial charge in [0.2, 0.25) is 11.8 Å². The number of likely N-dealkylation sites (tertiary alicyclic amines) is 1. The number of nitrogens with zero attached hydrogens (tertiary/aromatic N) is 4. The number of hydrogen-bond donors (Lipinski definition) is 0. The standard InChI is InChI=1S/C20H26N4O2/c1-25-19-7-10-21-20(22-19)24-12-9-16-8-11-23(18(16)15-24)13-14-26-17-5-3-2-4-6-17/h2-7,10,16,18H,8-9,11-15H2,1H3. The number of para-hydroxylation sites is 1. The number of anilines is 1. The SMILES string of the molecule is COc1ccnc(N2CCC3CCN(CCOc4ccccc4)C3C2)n1. The second kappa shape index (κ2) is 7.91. The maximum Gasteiger partial charge on any atom is 0.228 e. The van der Waals surface area contributed by atoms with Crippen molar-refractivity contribution < 1.29 is 9.47 Å². The van der Waals surface area contributed by atoms with Crippen molar-refractivity contribution in [2.45, 2.75) is 18.9 Å². The van der Waals surface area contributed by atoms with E-state index >= 15 is 0 Å². The monoisotopic (exact) mass is 354 g/mol. The Kier molecular flexibility index (Phi) is 5.20. The second-order valence-corrected chi connectivity index (χ2v) is 6.95. The quantitative estimate of drug-likeness (QED) is 0.794. The summed E-state index contributed by atoms with van der Waals surface area (Å²) in [6, 6.07) is 12.4. The first-order chi connectivity index (χ1) is 12.8. The van der Waals surface area contributed by atoms with E-state index < -0.39 is 0 Å². The lowest BCUT2D eigenvalue weighted by Crippen LogP contribution is -2.49. The Balaban J connectivity index is 1.35. The van der Waals surface area contributed by atoms with E-state index in [-0.39, 0.29) is 0 Å². The van der Waals surface area contributed by atoms with Crippen LogP contribution >= 0.6 is 0 Å². The number of benzene rings is 1. The van der Waals surface area contributed by atoms with Crippen LogP contribution in [-0.4, -0.2) is 60.8 Å². The molecule has 6 nitrogen and oxygen atoms in total. The number of rotatable bonds is 6. The van der Waals surface area contributed by atoms with Crippen molar-refractivity contribution in [2.75, 3.05) is 44.8 Å². The zero-order chi connectivity index (χ0) is 17.8. The van der Waals surface area contributed by atoms with E-state index in [9.17, 15) is 0 Å². The molecule has 138 valence electrons. The fraction of sp³-hybridized carbons (Fsp3) is 0.500. The van der Waals surface area contributed by atoms with Gasteiger partial charge >= 0.3 is 0 Å². The number of hydrogen-bond acceptors (Lipinski definition) is 6. The van der Waals surface area contributed by atoms with Gasteiger partial charge in [0.25, 0.3) is 0 Å². The number of ether oxygens (including phenoxy) is 2. The van der Waals surface area contributed by atoms with E-state index in [1.54, 1.807) is 19.4 Å². The molecule has 2 unspecified atom stereocenters. The van der Waals surface area contributed by atoms with Crippen LogP contribution in [0.3, 0.4) is 0 Å². The average molecular weight is 354 g/mol. The van der Waals surface area contributed by atoms with Crippen LogP contribution in [-0.2, 0) is 0 Å². The lowest BCUT2D eigenvalue weighted by molar-refractivity contribution is 0.171. The number of methoxy groups -OCH3 is 1. The summed E-state index contributed by atoms with van der Waals surface area (Å²) in [6.45, 7) is 4.83. The van der Waals surface area contributed by atoms with Crippen molar-refractivity contribution >= 4 is 5.95 Å². The molecule has 6 heteroatoms. The molecular weight excluding hydrogens is 328 g/mol. The Morgan fingerprint density at radius 1 is 1.12 bits per heavy atom. The predicted octanol–water partition coefficient (Wildman–Crippen LogP) is 2.46. The largest absolute Gasteiger partial charge is 0.492 e. The van der Waals surface area contributed by atoms with Gasteiger partial charge in [-0.05, 0) is 37.4 Å². The molecule has 2 fully saturated rings. The molecule has 0 saturated carbocycles. The zero-order valence-corrected chi connectivity index (χ0v) is 15.3. The molecule has 2 aliphatic heterocycles. The maximum atomic E-state index is 5.89. The molecule has 1 aromatic carbocycles. The van der Waals surface area contributed by atoms with Gasteiger partial charge in [0, 0.05) is 37.9 Å². The first kappa shape index (κ1) is 17.1. The third-order valence-electron chi connectivity index (χ3n) is 5.48. The summed E-state index contributed by atoms with van der Waals surface area (Å²) in [5.41, 5.74) is 0. The summed E-state index contributed by atoms with van der Waals surface area (Å²) >= 11 is 0. The van der Waals surface area contributed by atoms with E-state index in [4.69, 9.17) is 9.47 Å². The Morgan fingerprint density at radius 3 is 2.81 bits per heavy atom. The molecule has 2 saturated heterocycles. The van der Waals surface area contributed by atoms with Crippen LogP contribution in [0.2, 0.25) is 0 Å². The minimum atomic E-state index is 0.554. The first-order valence-corrected chi connectivity index (χ1v) is 9.37. The van der Waals surface area contributed by atoms with E-state index in [0.29, 0.717) is 11.9 Å². The highest BCUT2D eigenvalue weighted by atomic mass is 16.5. The van der Waals surface area contributed by atoms with Crippen molar-refractivity contribution in [3.63, 3.8) is 0 Å². The number of aromatic nitrogens is 2. The topological polar surface area (TPSA) is 50.7 Å². The molecule has 0 N–H and O–H groups in total. The molecule has 1 aromatic heterocycles. The van der Waals surface area contributed by atoms with Crippen molar-refractivity contribution in [1.82, 2.24) is 14.9 Å². The molecule has 4 rings (SSSR count). The molecule has 2 aromatic rings. The smallest absolute Gasteiger partial charge is 0.228 e. The maximum absolute atomic E-state index is 5.89. The Labute approximate surface area is 154 Å². The predicted molar refractivity (Wildman–Crippen MR) is 101 cm³/mol. The lowest BCUT2D eigenvalue weighted by Gasteiger charge is -2.38. The lowest BCUT2D eigenvalue weighted by atomic mass is 9.92. The van der Waals surface area contributed by atoms with E-state index in [2.05, 4.69) is 19.8 Å². The molecule has 0 radical (unpaired) electrons. The summed E-state index contributed by atoms with van der Waals surface area (Å²) < 4.78 is 11.1. The highest BCUT2D eigenvalue weighted by Crippen LogP contribution is 2.32.